The van der Waals surface area contributed by atoms with Gasteiger partial charge in [-0.1, -0.05) is 0 Å². The Morgan fingerprint density at radius 1 is 1.50 bits per heavy atom. The van der Waals surface area contributed by atoms with Crippen molar-refractivity contribution in [3.8, 4) is 6.07 Å². The van der Waals surface area contributed by atoms with Crippen LogP contribution in [0.3, 0.4) is 0 Å². The first-order chi connectivity index (χ1) is 8.22. The minimum Gasteiger partial charge on any atom is -0.329 e. The van der Waals surface area contributed by atoms with E-state index < -0.39 is 21.4 Å². The highest BCUT2D eigenvalue weighted by atomic mass is 32.2. The lowest BCUT2D eigenvalue weighted by Gasteiger charge is -2.23. The van der Waals surface area contributed by atoms with Gasteiger partial charge in [-0.15, -0.1) is 0 Å². The number of hydrogen-bond donors (Lipinski definition) is 2. The highest BCUT2D eigenvalue weighted by Gasteiger charge is 2.25. The van der Waals surface area contributed by atoms with Gasteiger partial charge in [-0.3, -0.25) is 0 Å². The topological polar surface area (TPSA) is 96.0 Å². The van der Waals surface area contributed by atoms with Crippen LogP contribution in [0.1, 0.15) is 19.4 Å². The SMILES string of the molecule is CC(C)(CN)NS(=O)(=O)c1ccc(F)c(C#N)c1. The molecule has 0 spiro atoms. The molecule has 0 aliphatic heterocycles. The maximum atomic E-state index is 13.1. The lowest BCUT2D eigenvalue weighted by Crippen LogP contribution is -2.48. The van der Waals surface area contributed by atoms with Gasteiger partial charge in [0.1, 0.15) is 11.9 Å². The van der Waals surface area contributed by atoms with E-state index in [1.807, 2.05) is 0 Å². The number of hydrogen-bond acceptors (Lipinski definition) is 4. The average Bonchev–Trinajstić information content (AvgIpc) is 2.28. The second-order valence-corrected chi connectivity index (χ2v) is 6.13. The van der Waals surface area contributed by atoms with Crippen molar-refractivity contribution in [2.24, 2.45) is 5.73 Å². The van der Waals surface area contributed by atoms with Crippen molar-refractivity contribution in [3.63, 3.8) is 0 Å². The summed E-state index contributed by atoms with van der Waals surface area (Å²) in [5, 5.41) is 8.66. The summed E-state index contributed by atoms with van der Waals surface area (Å²) >= 11 is 0. The molecule has 0 aromatic heterocycles. The van der Waals surface area contributed by atoms with Gasteiger partial charge in [0.15, 0.2) is 0 Å². The fraction of sp³-hybridized carbons (Fsp3) is 0.364. The first kappa shape index (κ1) is 14.6. The van der Waals surface area contributed by atoms with Crippen molar-refractivity contribution >= 4 is 10.0 Å². The first-order valence-corrected chi connectivity index (χ1v) is 6.64. The summed E-state index contributed by atoms with van der Waals surface area (Å²) in [5.41, 5.74) is 4.30. The molecule has 0 amide bonds. The van der Waals surface area contributed by atoms with E-state index in [0.717, 1.165) is 18.2 Å². The lowest BCUT2D eigenvalue weighted by molar-refractivity contribution is 0.462. The molecule has 1 aromatic rings. The number of benzene rings is 1. The van der Waals surface area contributed by atoms with E-state index in [1.165, 1.54) is 0 Å². The van der Waals surface area contributed by atoms with E-state index >= 15 is 0 Å². The Labute approximate surface area is 105 Å². The van der Waals surface area contributed by atoms with Crippen LogP contribution in [-0.2, 0) is 10.0 Å². The van der Waals surface area contributed by atoms with Crippen LogP contribution in [-0.4, -0.2) is 20.5 Å². The number of nitriles is 1. The van der Waals surface area contributed by atoms with Gasteiger partial charge in [0.05, 0.1) is 10.5 Å². The summed E-state index contributed by atoms with van der Waals surface area (Å²) in [6.07, 6.45) is 0. The average molecular weight is 271 g/mol. The third kappa shape index (κ3) is 3.26. The third-order valence-electron chi connectivity index (χ3n) is 2.29. The fourth-order valence-electron chi connectivity index (χ4n) is 1.22. The number of nitrogens with one attached hydrogen (secondary N) is 1. The standard InChI is InChI=1S/C11H14FN3O2S/c1-11(2,7-14)15-18(16,17)9-3-4-10(12)8(5-9)6-13/h3-5,15H,7,14H2,1-2H3. The Morgan fingerprint density at radius 3 is 2.61 bits per heavy atom. The third-order valence-corrected chi connectivity index (χ3v) is 3.99. The molecular weight excluding hydrogens is 257 g/mol. The van der Waals surface area contributed by atoms with Crippen LogP contribution in [0.5, 0.6) is 0 Å². The summed E-state index contributed by atoms with van der Waals surface area (Å²) in [4.78, 5) is -0.165. The second-order valence-electron chi connectivity index (χ2n) is 4.45. The second kappa shape index (κ2) is 5.02. The number of sulfonamides is 1. The highest BCUT2D eigenvalue weighted by Crippen LogP contribution is 2.16. The zero-order chi connectivity index (χ0) is 14.0. The molecular formula is C11H14FN3O2S. The van der Waals surface area contributed by atoms with Crippen LogP contribution in [0.25, 0.3) is 0 Å². The molecule has 0 atom stereocenters. The van der Waals surface area contributed by atoms with Crippen molar-refractivity contribution in [1.82, 2.24) is 4.72 Å². The molecule has 0 bridgehead atoms. The molecule has 0 aliphatic carbocycles. The summed E-state index contributed by atoms with van der Waals surface area (Å²) < 4.78 is 39.5. The van der Waals surface area contributed by atoms with Crippen molar-refractivity contribution in [2.75, 3.05) is 6.54 Å². The molecule has 3 N–H and O–H groups in total. The number of rotatable bonds is 4. The Morgan fingerprint density at radius 2 is 2.11 bits per heavy atom. The van der Waals surface area contributed by atoms with Crippen LogP contribution < -0.4 is 10.5 Å². The number of halogens is 1. The summed E-state index contributed by atoms with van der Waals surface area (Å²) in [5.74, 6) is -0.755. The molecule has 18 heavy (non-hydrogen) atoms. The van der Waals surface area contributed by atoms with E-state index in [0.29, 0.717) is 0 Å². The molecule has 5 nitrogen and oxygen atoms in total. The molecule has 0 heterocycles. The molecule has 7 heteroatoms. The van der Waals surface area contributed by atoms with Crippen molar-refractivity contribution < 1.29 is 12.8 Å². The zero-order valence-corrected chi connectivity index (χ0v) is 10.9. The number of nitrogens with zero attached hydrogens (tertiary/aromatic N) is 1. The smallest absolute Gasteiger partial charge is 0.241 e. The maximum Gasteiger partial charge on any atom is 0.241 e. The predicted octanol–water partition coefficient (Wildman–Crippen LogP) is 0.713. The normalized spacial score (nSPS) is 12.2. The van der Waals surface area contributed by atoms with Crippen LogP contribution in [0.2, 0.25) is 0 Å². The van der Waals surface area contributed by atoms with Gasteiger partial charge in [0, 0.05) is 12.1 Å². The Bertz CT molecular complexity index is 591. The van der Waals surface area contributed by atoms with Crippen LogP contribution in [0, 0.1) is 17.1 Å². The maximum absolute atomic E-state index is 13.1. The van der Waals surface area contributed by atoms with Crippen molar-refractivity contribution in [2.45, 2.75) is 24.3 Å². The van der Waals surface area contributed by atoms with Crippen LogP contribution >= 0.6 is 0 Å². The molecule has 0 aliphatic rings. The largest absolute Gasteiger partial charge is 0.329 e. The van der Waals surface area contributed by atoms with Gasteiger partial charge in [-0.2, -0.15) is 5.26 Å². The van der Waals surface area contributed by atoms with Crippen LogP contribution in [0.15, 0.2) is 23.1 Å². The van der Waals surface area contributed by atoms with Gasteiger partial charge in [-0.25, -0.2) is 17.5 Å². The van der Waals surface area contributed by atoms with E-state index in [9.17, 15) is 12.8 Å². The summed E-state index contributed by atoms with van der Waals surface area (Å²) in [6.45, 7) is 3.36. The Kier molecular flexibility index (Phi) is 4.06. The van der Waals surface area contributed by atoms with E-state index in [-0.39, 0.29) is 17.0 Å². The van der Waals surface area contributed by atoms with E-state index in [1.54, 1.807) is 19.9 Å². The fourth-order valence-corrected chi connectivity index (χ4v) is 2.67. The van der Waals surface area contributed by atoms with Crippen molar-refractivity contribution in [1.29, 1.82) is 5.26 Å². The molecule has 0 saturated heterocycles. The number of nitrogens with two attached hydrogens (primary N) is 1. The molecule has 0 radical (unpaired) electrons. The Balaban J connectivity index is 3.19. The molecule has 0 fully saturated rings. The molecule has 1 rings (SSSR count). The minimum absolute atomic E-state index is 0.110. The Hall–Kier alpha value is -1.49. The molecule has 0 saturated carbocycles. The van der Waals surface area contributed by atoms with Gasteiger partial charge >= 0.3 is 0 Å². The minimum atomic E-state index is -3.83. The highest BCUT2D eigenvalue weighted by molar-refractivity contribution is 7.89. The molecule has 0 unspecified atom stereocenters. The van der Waals surface area contributed by atoms with Gasteiger partial charge in [-0.05, 0) is 32.0 Å². The van der Waals surface area contributed by atoms with Gasteiger partial charge in [0.25, 0.3) is 0 Å². The first-order valence-electron chi connectivity index (χ1n) is 5.15. The van der Waals surface area contributed by atoms with Gasteiger partial charge < -0.3 is 5.73 Å². The van der Waals surface area contributed by atoms with Crippen LogP contribution in [0.4, 0.5) is 4.39 Å². The monoisotopic (exact) mass is 271 g/mol. The van der Waals surface area contributed by atoms with E-state index in [2.05, 4.69) is 4.72 Å². The summed E-state index contributed by atoms with van der Waals surface area (Å²) in [6, 6.07) is 4.63. The summed E-state index contributed by atoms with van der Waals surface area (Å²) in [7, 11) is -3.83. The lowest BCUT2D eigenvalue weighted by atomic mass is 10.1. The quantitative estimate of drug-likeness (QED) is 0.843. The molecule has 1 aromatic carbocycles. The van der Waals surface area contributed by atoms with E-state index in [4.69, 9.17) is 11.0 Å². The van der Waals surface area contributed by atoms with Gasteiger partial charge in [0.2, 0.25) is 10.0 Å². The molecule has 98 valence electrons. The zero-order valence-electron chi connectivity index (χ0n) is 10.1. The predicted molar refractivity (Wildman–Crippen MR) is 64.6 cm³/mol. The van der Waals surface area contributed by atoms with Crippen molar-refractivity contribution in [3.05, 3.63) is 29.6 Å².